The van der Waals surface area contributed by atoms with Crippen molar-refractivity contribution in [2.24, 2.45) is 11.7 Å². The maximum Gasteiger partial charge on any atom is 0.282 e. The van der Waals surface area contributed by atoms with Gasteiger partial charge in [-0.25, -0.2) is 0 Å². The van der Waals surface area contributed by atoms with E-state index in [1.165, 1.54) is 30.7 Å². The largest absolute Gasteiger partial charge is 0.327 e. The zero-order valence-corrected chi connectivity index (χ0v) is 9.65. The monoisotopic (exact) mass is 238 g/mol. The van der Waals surface area contributed by atoms with Crippen LogP contribution in [0.2, 0.25) is 0 Å². The van der Waals surface area contributed by atoms with Crippen molar-refractivity contribution in [3.05, 3.63) is 34.4 Å². The second-order valence-electron chi connectivity index (χ2n) is 4.04. The van der Waals surface area contributed by atoms with Crippen LogP contribution in [0.3, 0.4) is 0 Å². The molecule has 1 aromatic carbocycles. The summed E-state index contributed by atoms with van der Waals surface area (Å²) < 4.78 is 0. The molecule has 1 aliphatic carbocycles. The second-order valence-corrected chi connectivity index (χ2v) is 5.10. The van der Waals surface area contributed by atoms with Crippen LogP contribution in [-0.2, 0) is 0 Å². The first-order chi connectivity index (χ1) is 7.68. The van der Waals surface area contributed by atoms with Crippen LogP contribution in [0.1, 0.15) is 12.8 Å². The first kappa shape index (κ1) is 11.4. The molecular weight excluding hydrogens is 224 g/mol. The normalized spacial score (nSPS) is 17.1. The molecule has 16 heavy (non-hydrogen) atoms. The first-order valence-electron chi connectivity index (χ1n) is 5.30. The van der Waals surface area contributed by atoms with Gasteiger partial charge in [-0.05, 0) is 24.8 Å². The number of thioether (sulfide) groups is 1. The van der Waals surface area contributed by atoms with E-state index in [1.807, 2.05) is 6.07 Å². The second kappa shape index (κ2) is 4.84. The van der Waals surface area contributed by atoms with Crippen molar-refractivity contribution < 1.29 is 4.92 Å². The summed E-state index contributed by atoms with van der Waals surface area (Å²) in [6, 6.07) is 6.99. The van der Waals surface area contributed by atoms with Gasteiger partial charge in [0.25, 0.3) is 5.69 Å². The molecule has 2 N–H and O–H groups in total. The number of nitro benzene ring substituents is 1. The Hall–Kier alpha value is -1.07. The molecule has 1 unspecified atom stereocenters. The van der Waals surface area contributed by atoms with E-state index in [0.29, 0.717) is 10.8 Å². The molecule has 0 radical (unpaired) electrons. The van der Waals surface area contributed by atoms with Gasteiger partial charge in [-0.15, -0.1) is 11.8 Å². The summed E-state index contributed by atoms with van der Waals surface area (Å²) in [5, 5.41) is 10.8. The van der Waals surface area contributed by atoms with Gasteiger partial charge in [-0.2, -0.15) is 0 Å². The molecule has 0 bridgehead atoms. The number of hydrogen-bond acceptors (Lipinski definition) is 4. The maximum absolute atomic E-state index is 10.8. The summed E-state index contributed by atoms with van der Waals surface area (Å²) in [4.78, 5) is 11.1. The molecule has 0 aliphatic heterocycles. The lowest BCUT2D eigenvalue weighted by molar-refractivity contribution is -0.387. The quantitative estimate of drug-likeness (QED) is 0.486. The van der Waals surface area contributed by atoms with Crippen molar-refractivity contribution in [3.63, 3.8) is 0 Å². The van der Waals surface area contributed by atoms with Crippen LogP contribution in [0.15, 0.2) is 29.2 Å². The Morgan fingerprint density at radius 1 is 1.50 bits per heavy atom. The average molecular weight is 238 g/mol. The van der Waals surface area contributed by atoms with Gasteiger partial charge in [0.05, 0.1) is 9.82 Å². The minimum absolute atomic E-state index is 0.171. The molecule has 0 amide bonds. The molecule has 1 saturated carbocycles. The number of nitrogens with zero attached hydrogens (tertiary/aromatic N) is 1. The zero-order chi connectivity index (χ0) is 11.5. The summed E-state index contributed by atoms with van der Waals surface area (Å²) in [7, 11) is 0. The molecule has 1 atom stereocenters. The smallest absolute Gasteiger partial charge is 0.282 e. The van der Waals surface area contributed by atoms with Crippen LogP contribution >= 0.6 is 11.8 Å². The van der Waals surface area contributed by atoms with Crippen molar-refractivity contribution >= 4 is 17.4 Å². The van der Waals surface area contributed by atoms with Gasteiger partial charge in [-0.3, -0.25) is 10.1 Å². The van der Waals surface area contributed by atoms with Crippen LogP contribution in [0.5, 0.6) is 0 Å². The topological polar surface area (TPSA) is 69.2 Å². The molecular formula is C11H14N2O2S. The minimum atomic E-state index is -0.342. The van der Waals surface area contributed by atoms with Gasteiger partial charge >= 0.3 is 0 Å². The lowest BCUT2D eigenvalue weighted by Crippen LogP contribution is -2.25. The van der Waals surface area contributed by atoms with Crippen LogP contribution < -0.4 is 5.73 Å². The average Bonchev–Trinajstić information content (AvgIpc) is 3.10. The van der Waals surface area contributed by atoms with Gasteiger partial charge in [0.2, 0.25) is 0 Å². The molecule has 1 aromatic rings. The van der Waals surface area contributed by atoms with Gasteiger partial charge in [-0.1, -0.05) is 12.1 Å². The third-order valence-corrected chi connectivity index (χ3v) is 3.93. The summed E-state index contributed by atoms with van der Waals surface area (Å²) >= 11 is 1.49. The van der Waals surface area contributed by atoms with Gasteiger partial charge in [0.15, 0.2) is 0 Å². The Kier molecular flexibility index (Phi) is 3.46. The molecule has 2 rings (SSSR count). The fourth-order valence-corrected chi connectivity index (χ4v) is 2.69. The molecule has 4 nitrogen and oxygen atoms in total. The summed E-state index contributed by atoms with van der Waals surface area (Å²) in [5.41, 5.74) is 6.14. The maximum atomic E-state index is 10.8. The molecule has 5 heteroatoms. The number of nitrogens with two attached hydrogens (primary N) is 1. The molecule has 0 heterocycles. The molecule has 0 aromatic heterocycles. The summed E-state index contributed by atoms with van der Waals surface area (Å²) in [6.07, 6.45) is 2.41. The van der Waals surface area contributed by atoms with E-state index >= 15 is 0 Å². The van der Waals surface area contributed by atoms with Gasteiger partial charge in [0.1, 0.15) is 0 Å². The van der Waals surface area contributed by atoms with Crippen LogP contribution in [-0.4, -0.2) is 16.7 Å². The van der Waals surface area contributed by atoms with E-state index in [-0.39, 0.29) is 16.7 Å². The molecule has 0 saturated heterocycles. The lowest BCUT2D eigenvalue weighted by Gasteiger charge is -2.09. The third kappa shape index (κ3) is 2.74. The number of para-hydroxylation sites is 1. The van der Waals surface area contributed by atoms with Crippen molar-refractivity contribution in [3.8, 4) is 0 Å². The lowest BCUT2D eigenvalue weighted by atomic mass is 10.2. The SMILES string of the molecule is NC(CSc1ccccc1[N+](=O)[O-])C1CC1. The zero-order valence-electron chi connectivity index (χ0n) is 8.83. The Balaban J connectivity index is 1.99. The summed E-state index contributed by atoms with van der Waals surface area (Å²) in [5.74, 6) is 1.39. The molecule has 1 fully saturated rings. The predicted molar refractivity (Wildman–Crippen MR) is 64.5 cm³/mol. The van der Waals surface area contributed by atoms with E-state index in [9.17, 15) is 10.1 Å². The number of nitro groups is 1. The fraction of sp³-hybridized carbons (Fsp3) is 0.455. The highest BCUT2D eigenvalue weighted by atomic mass is 32.2. The van der Waals surface area contributed by atoms with E-state index in [0.717, 1.165) is 5.75 Å². The fourth-order valence-electron chi connectivity index (χ4n) is 1.58. The Morgan fingerprint density at radius 2 is 2.19 bits per heavy atom. The van der Waals surface area contributed by atoms with Gasteiger partial charge < -0.3 is 5.73 Å². The van der Waals surface area contributed by atoms with E-state index < -0.39 is 0 Å². The Morgan fingerprint density at radius 3 is 2.81 bits per heavy atom. The van der Waals surface area contributed by atoms with E-state index in [1.54, 1.807) is 12.1 Å². The van der Waals surface area contributed by atoms with Crippen molar-refractivity contribution in [1.29, 1.82) is 0 Å². The molecule has 86 valence electrons. The highest BCUT2D eigenvalue weighted by Gasteiger charge is 2.28. The number of benzene rings is 1. The molecule has 1 aliphatic rings. The van der Waals surface area contributed by atoms with Crippen molar-refractivity contribution in [2.45, 2.75) is 23.8 Å². The van der Waals surface area contributed by atoms with Crippen LogP contribution in [0, 0.1) is 16.0 Å². The first-order valence-corrected chi connectivity index (χ1v) is 6.29. The minimum Gasteiger partial charge on any atom is -0.327 e. The van der Waals surface area contributed by atoms with Crippen molar-refractivity contribution in [2.75, 3.05) is 5.75 Å². The van der Waals surface area contributed by atoms with Gasteiger partial charge in [0, 0.05) is 17.9 Å². The standard InChI is InChI=1S/C11H14N2O2S/c12-9(8-5-6-8)7-16-11-4-2-1-3-10(11)13(14)15/h1-4,8-9H,5-7,12H2. The molecule has 0 spiro atoms. The third-order valence-electron chi connectivity index (χ3n) is 2.72. The predicted octanol–water partition coefficient (Wildman–Crippen LogP) is 2.42. The van der Waals surface area contributed by atoms with Crippen LogP contribution in [0.4, 0.5) is 5.69 Å². The highest BCUT2D eigenvalue weighted by molar-refractivity contribution is 7.99. The highest BCUT2D eigenvalue weighted by Crippen LogP contribution is 2.35. The Labute approximate surface area is 98.4 Å². The van der Waals surface area contributed by atoms with Crippen molar-refractivity contribution in [1.82, 2.24) is 0 Å². The number of rotatable bonds is 5. The van der Waals surface area contributed by atoms with Crippen LogP contribution in [0.25, 0.3) is 0 Å². The van der Waals surface area contributed by atoms with E-state index in [4.69, 9.17) is 5.73 Å². The summed E-state index contributed by atoms with van der Waals surface area (Å²) in [6.45, 7) is 0. The Bertz CT molecular complexity index is 393. The van der Waals surface area contributed by atoms with E-state index in [2.05, 4.69) is 0 Å². The number of hydrogen-bond donors (Lipinski definition) is 1.